The summed E-state index contributed by atoms with van der Waals surface area (Å²) in [6.07, 6.45) is 1.58. The lowest BCUT2D eigenvalue weighted by Gasteiger charge is -2.13. The van der Waals surface area contributed by atoms with Gasteiger partial charge in [-0.3, -0.25) is 14.3 Å². The van der Waals surface area contributed by atoms with Gasteiger partial charge in [0.15, 0.2) is 0 Å². The average Bonchev–Trinajstić information content (AvgIpc) is 3.37. The van der Waals surface area contributed by atoms with Crippen LogP contribution in [0.25, 0.3) is 5.78 Å². The van der Waals surface area contributed by atoms with Gasteiger partial charge in [-0.25, -0.2) is 4.98 Å². The molecule has 4 rings (SSSR count). The number of carbonyl (C=O) groups is 1. The van der Waals surface area contributed by atoms with Crippen molar-refractivity contribution in [1.82, 2.24) is 19.2 Å². The van der Waals surface area contributed by atoms with Crippen LogP contribution in [0.3, 0.4) is 0 Å². The molecule has 1 aromatic carbocycles. The number of rotatable bonds is 6. The van der Waals surface area contributed by atoms with E-state index in [-0.39, 0.29) is 24.1 Å². The van der Waals surface area contributed by atoms with Gasteiger partial charge in [-0.2, -0.15) is 9.50 Å². The smallest absolute Gasteiger partial charge is 0.274 e. The third-order valence-corrected chi connectivity index (χ3v) is 5.40. The largest absolute Gasteiger partial charge is 0.485 e. The van der Waals surface area contributed by atoms with Crippen LogP contribution in [-0.2, 0) is 6.61 Å². The number of anilines is 1. The number of amides is 1. The van der Waals surface area contributed by atoms with E-state index in [9.17, 15) is 9.59 Å². The average molecular weight is 444 g/mol. The first kappa shape index (κ1) is 20.1. The molecule has 0 bridgehead atoms. The molecule has 3 aromatic heterocycles. The van der Waals surface area contributed by atoms with E-state index in [1.165, 1.54) is 21.9 Å². The van der Waals surface area contributed by atoms with Crippen molar-refractivity contribution >= 4 is 40.3 Å². The van der Waals surface area contributed by atoms with Gasteiger partial charge in [-0.15, -0.1) is 11.3 Å². The van der Waals surface area contributed by atoms with E-state index in [0.29, 0.717) is 32.8 Å². The van der Waals surface area contributed by atoms with E-state index >= 15 is 0 Å². The molecule has 0 aliphatic heterocycles. The predicted molar refractivity (Wildman–Crippen MR) is 116 cm³/mol. The molecule has 1 amide bonds. The summed E-state index contributed by atoms with van der Waals surface area (Å²) in [5, 5.41) is 5.09. The number of benzene rings is 1. The molecular weight excluding hydrogens is 426 g/mol. The molecule has 4 aromatic rings. The van der Waals surface area contributed by atoms with E-state index in [4.69, 9.17) is 16.3 Å². The monoisotopic (exact) mass is 443 g/mol. The van der Waals surface area contributed by atoms with Gasteiger partial charge < -0.3 is 10.1 Å². The molecule has 0 spiro atoms. The second-order valence-electron chi connectivity index (χ2n) is 6.78. The number of halogens is 1. The summed E-state index contributed by atoms with van der Waals surface area (Å²) in [4.78, 5) is 34.1. The summed E-state index contributed by atoms with van der Waals surface area (Å²) in [6, 6.07) is 9.94. The van der Waals surface area contributed by atoms with Gasteiger partial charge >= 0.3 is 0 Å². The topological polar surface area (TPSA) is 90.5 Å². The number of carbonyl (C=O) groups excluding carboxylic acids is 1. The van der Waals surface area contributed by atoms with Crippen molar-refractivity contribution < 1.29 is 9.53 Å². The first-order chi connectivity index (χ1) is 14.4. The Kier molecular flexibility index (Phi) is 5.56. The second-order valence-corrected chi connectivity index (χ2v) is 8.16. The Morgan fingerprint density at radius 1 is 1.30 bits per heavy atom. The van der Waals surface area contributed by atoms with Crippen molar-refractivity contribution in [3.63, 3.8) is 0 Å². The quantitative estimate of drug-likeness (QED) is 0.486. The van der Waals surface area contributed by atoms with Crippen LogP contribution in [-0.4, -0.2) is 25.1 Å². The Morgan fingerprint density at radius 3 is 2.87 bits per heavy atom. The van der Waals surface area contributed by atoms with Gasteiger partial charge in [-0.1, -0.05) is 17.7 Å². The van der Waals surface area contributed by atoms with E-state index in [1.54, 1.807) is 41.3 Å². The third kappa shape index (κ3) is 4.07. The molecule has 8 nitrogen and oxygen atoms in total. The molecule has 0 fully saturated rings. The Hall–Kier alpha value is -3.17. The van der Waals surface area contributed by atoms with Crippen LogP contribution in [0.1, 0.15) is 35.3 Å². The van der Waals surface area contributed by atoms with Crippen LogP contribution in [0.15, 0.2) is 52.9 Å². The summed E-state index contributed by atoms with van der Waals surface area (Å²) < 4.78 is 8.97. The number of ether oxygens (including phenoxy) is 1. The Labute approximate surface area is 180 Å². The number of hydrogen-bond donors (Lipinski definition) is 1. The molecule has 0 saturated heterocycles. The molecule has 3 heterocycles. The molecule has 0 saturated carbocycles. The summed E-state index contributed by atoms with van der Waals surface area (Å²) in [7, 11) is 0. The molecule has 10 heteroatoms. The van der Waals surface area contributed by atoms with E-state index in [1.807, 2.05) is 19.2 Å². The van der Waals surface area contributed by atoms with Crippen molar-refractivity contribution in [3.8, 4) is 5.75 Å². The van der Waals surface area contributed by atoms with Gasteiger partial charge in [-0.05, 0) is 43.5 Å². The lowest BCUT2D eigenvalue weighted by Crippen LogP contribution is -2.23. The molecule has 0 radical (unpaired) electrons. The van der Waals surface area contributed by atoms with Gasteiger partial charge in [0, 0.05) is 17.1 Å². The number of aromatic nitrogens is 4. The van der Waals surface area contributed by atoms with Crippen LogP contribution in [0.5, 0.6) is 5.75 Å². The van der Waals surface area contributed by atoms with Crippen molar-refractivity contribution in [2.24, 2.45) is 0 Å². The van der Waals surface area contributed by atoms with E-state index in [0.717, 1.165) is 0 Å². The zero-order valence-electron chi connectivity index (χ0n) is 16.2. The molecule has 0 atom stereocenters. The first-order valence-corrected chi connectivity index (χ1v) is 10.4. The van der Waals surface area contributed by atoms with E-state index in [2.05, 4.69) is 15.3 Å². The van der Waals surface area contributed by atoms with Crippen molar-refractivity contribution in [1.29, 1.82) is 0 Å². The summed E-state index contributed by atoms with van der Waals surface area (Å²) >= 11 is 7.42. The highest BCUT2D eigenvalue weighted by atomic mass is 35.5. The highest BCUT2D eigenvalue weighted by Crippen LogP contribution is 2.29. The molecule has 1 N–H and O–H groups in total. The lowest BCUT2D eigenvalue weighted by molar-refractivity contribution is 0.103. The van der Waals surface area contributed by atoms with Crippen LogP contribution in [0, 0.1) is 0 Å². The molecule has 0 aliphatic rings. The Morgan fingerprint density at radius 2 is 2.13 bits per heavy atom. The Balaban J connectivity index is 1.56. The maximum absolute atomic E-state index is 12.5. The predicted octanol–water partition coefficient (Wildman–Crippen LogP) is 4.02. The molecule has 0 aliphatic carbocycles. The summed E-state index contributed by atoms with van der Waals surface area (Å²) in [5.74, 6) is 0.463. The number of thiophene rings is 1. The molecule has 30 heavy (non-hydrogen) atoms. The zero-order chi connectivity index (χ0) is 21.3. The fourth-order valence-electron chi connectivity index (χ4n) is 2.88. The molecule has 154 valence electrons. The standard InChI is InChI=1S/C20H18ClN5O3S/c1-12(2)25-11-22-20-23-14(9-18(27)26(20)25)10-29-16-6-5-13(21)8-15(16)24-19(28)17-4-3-7-30-17/h3-9,11-12H,10H2,1-2H3,(H,24,28). The zero-order valence-corrected chi connectivity index (χ0v) is 17.8. The summed E-state index contributed by atoms with van der Waals surface area (Å²) in [5.41, 5.74) is 0.620. The highest BCUT2D eigenvalue weighted by molar-refractivity contribution is 7.12. The van der Waals surface area contributed by atoms with E-state index < -0.39 is 0 Å². The molecule has 0 unspecified atom stereocenters. The van der Waals surface area contributed by atoms with Gasteiger partial charge in [0.1, 0.15) is 18.7 Å². The van der Waals surface area contributed by atoms with Gasteiger partial charge in [0.05, 0.1) is 16.3 Å². The fraction of sp³-hybridized carbons (Fsp3) is 0.200. The SMILES string of the molecule is CC(C)n1cnc2nc(COc3ccc(Cl)cc3NC(=O)c3cccs3)cc(=O)n21. The number of hydrogen-bond acceptors (Lipinski definition) is 6. The van der Waals surface area contributed by atoms with Gasteiger partial charge in [0.25, 0.3) is 17.2 Å². The maximum Gasteiger partial charge on any atom is 0.274 e. The minimum absolute atomic E-state index is 0.0315. The maximum atomic E-state index is 12.5. The number of nitrogens with zero attached hydrogens (tertiary/aromatic N) is 4. The van der Waals surface area contributed by atoms with Crippen molar-refractivity contribution in [2.75, 3.05) is 5.32 Å². The first-order valence-electron chi connectivity index (χ1n) is 9.15. The van der Waals surface area contributed by atoms with Crippen LogP contribution < -0.4 is 15.6 Å². The normalized spacial score (nSPS) is 11.2. The van der Waals surface area contributed by atoms with Crippen molar-refractivity contribution in [3.05, 3.63) is 74.1 Å². The van der Waals surface area contributed by atoms with Crippen LogP contribution >= 0.6 is 22.9 Å². The highest BCUT2D eigenvalue weighted by Gasteiger charge is 2.14. The number of fused-ring (bicyclic) bond motifs is 1. The van der Waals surface area contributed by atoms with Crippen molar-refractivity contribution in [2.45, 2.75) is 26.5 Å². The minimum atomic E-state index is -0.255. The van der Waals surface area contributed by atoms with Gasteiger partial charge in [0.2, 0.25) is 0 Å². The Bertz CT molecular complexity index is 1260. The van der Waals surface area contributed by atoms with Crippen LogP contribution in [0.2, 0.25) is 5.02 Å². The number of nitrogens with one attached hydrogen (secondary N) is 1. The minimum Gasteiger partial charge on any atom is -0.485 e. The molecular formula is C20H18ClN5O3S. The third-order valence-electron chi connectivity index (χ3n) is 4.29. The summed E-state index contributed by atoms with van der Waals surface area (Å²) in [6.45, 7) is 3.94. The lowest BCUT2D eigenvalue weighted by atomic mass is 10.2. The fourth-order valence-corrected chi connectivity index (χ4v) is 3.67. The van der Waals surface area contributed by atoms with Crippen LogP contribution in [0.4, 0.5) is 5.69 Å². The second kappa shape index (κ2) is 8.29.